The van der Waals surface area contributed by atoms with Gasteiger partial charge in [0.25, 0.3) is 0 Å². The van der Waals surface area contributed by atoms with Crippen molar-refractivity contribution in [1.82, 2.24) is 15.2 Å². The van der Waals surface area contributed by atoms with Gasteiger partial charge in [0.15, 0.2) is 0 Å². The van der Waals surface area contributed by atoms with Crippen molar-refractivity contribution in [1.29, 1.82) is 0 Å². The first-order valence-corrected chi connectivity index (χ1v) is 10.6. The highest BCUT2D eigenvalue weighted by molar-refractivity contribution is 5.75. The van der Waals surface area contributed by atoms with Crippen LogP contribution in [-0.4, -0.2) is 46.2 Å². The third kappa shape index (κ3) is 4.94. The Hall–Kier alpha value is -2.91. The molecule has 2 saturated carbocycles. The highest BCUT2D eigenvalue weighted by Crippen LogP contribution is 2.50. The monoisotopic (exact) mass is 451 g/mol. The van der Waals surface area contributed by atoms with E-state index in [0.29, 0.717) is 42.0 Å². The van der Waals surface area contributed by atoms with Gasteiger partial charge < -0.3 is 14.6 Å². The lowest BCUT2D eigenvalue weighted by Gasteiger charge is -2.29. The van der Waals surface area contributed by atoms with E-state index >= 15 is 0 Å². The van der Waals surface area contributed by atoms with Crippen molar-refractivity contribution in [3.63, 3.8) is 0 Å². The number of alkyl halides is 3. The van der Waals surface area contributed by atoms with Crippen molar-refractivity contribution in [2.45, 2.75) is 44.2 Å². The second-order valence-electron chi connectivity index (χ2n) is 8.42. The number of hydrogen-bond donors (Lipinski definition) is 1. The number of carbonyl (C=O) groups is 1. The summed E-state index contributed by atoms with van der Waals surface area (Å²) in [6.07, 6.45) is -0.899. The average Bonchev–Trinajstić information content (AvgIpc) is 3.58. The average molecular weight is 451 g/mol. The Morgan fingerprint density at radius 1 is 1.22 bits per heavy atom. The molecule has 32 heavy (non-hydrogen) atoms. The molecule has 2 aromatic rings. The first-order chi connectivity index (χ1) is 15.3. The molecule has 0 aliphatic heterocycles. The predicted molar refractivity (Wildman–Crippen MR) is 107 cm³/mol. The van der Waals surface area contributed by atoms with E-state index < -0.39 is 24.0 Å². The lowest BCUT2D eigenvalue weighted by molar-refractivity contribution is -0.184. The molecule has 172 valence electrons. The normalized spacial score (nSPS) is 25.2. The molecule has 0 radical (unpaired) electrons. The highest BCUT2D eigenvalue weighted by Gasteiger charge is 2.47. The Morgan fingerprint density at radius 2 is 1.97 bits per heavy atom. The second-order valence-corrected chi connectivity index (χ2v) is 8.42. The summed E-state index contributed by atoms with van der Waals surface area (Å²) in [4.78, 5) is 15.9. The maximum atomic E-state index is 12.8. The quantitative estimate of drug-likeness (QED) is 0.663. The Kier molecular flexibility index (Phi) is 6.21. The maximum absolute atomic E-state index is 12.8. The largest absolute Gasteiger partial charge is 0.495 e. The van der Waals surface area contributed by atoms with Crippen LogP contribution in [-0.2, 0) is 4.79 Å². The summed E-state index contributed by atoms with van der Waals surface area (Å²) in [5.41, 5.74) is 1.83. The van der Waals surface area contributed by atoms with E-state index in [1.165, 1.54) is 13.3 Å². The molecule has 10 heteroatoms. The fraction of sp³-hybridized carbons (Fsp3) is 0.545. The van der Waals surface area contributed by atoms with Gasteiger partial charge in [-0.15, -0.1) is 5.10 Å². The molecule has 2 aliphatic rings. The van der Waals surface area contributed by atoms with Crippen LogP contribution in [0.1, 0.15) is 43.7 Å². The molecule has 2 atom stereocenters. The number of rotatable bonds is 7. The van der Waals surface area contributed by atoms with Crippen LogP contribution in [0, 0.1) is 17.8 Å². The predicted octanol–water partition coefficient (Wildman–Crippen LogP) is 4.48. The summed E-state index contributed by atoms with van der Waals surface area (Å²) >= 11 is 0. The van der Waals surface area contributed by atoms with Crippen LogP contribution in [0.2, 0.25) is 0 Å². The Labute approximate surface area is 183 Å². The van der Waals surface area contributed by atoms with Gasteiger partial charge >= 0.3 is 12.1 Å². The van der Waals surface area contributed by atoms with Crippen LogP contribution in [0.4, 0.5) is 13.2 Å². The van der Waals surface area contributed by atoms with Crippen LogP contribution in [0.15, 0.2) is 24.4 Å². The zero-order valence-electron chi connectivity index (χ0n) is 17.5. The molecule has 0 aromatic carbocycles. The SMILES string of the molecule is COc1ccc(-c2cnnc(OC[C@H]3CC[C@H](C(F)(F)F)CC3)c2)nc1C1CC1C(=O)O. The zero-order valence-corrected chi connectivity index (χ0v) is 17.5. The van der Waals surface area contributed by atoms with Gasteiger partial charge in [0, 0.05) is 17.5 Å². The van der Waals surface area contributed by atoms with E-state index in [1.54, 1.807) is 18.2 Å². The van der Waals surface area contributed by atoms with Gasteiger partial charge in [0.2, 0.25) is 5.88 Å². The molecule has 0 amide bonds. The fourth-order valence-corrected chi connectivity index (χ4v) is 4.25. The summed E-state index contributed by atoms with van der Waals surface area (Å²) in [5, 5.41) is 17.1. The van der Waals surface area contributed by atoms with Gasteiger partial charge in [0.05, 0.1) is 43.1 Å². The Bertz CT molecular complexity index is 977. The minimum Gasteiger partial charge on any atom is -0.495 e. The van der Waals surface area contributed by atoms with Crippen molar-refractivity contribution >= 4 is 5.97 Å². The topological polar surface area (TPSA) is 94.4 Å². The lowest BCUT2D eigenvalue weighted by atomic mass is 9.82. The maximum Gasteiger partial charge on any atom is 0.391 e. The van der Waals surface area contributed by atoms with Gasteiger partial charge in [-0.3, -0.25) is 4.79 Å². The molecule has 2 fully saturated rings. The van der Waals surface area contributed by atoms with E-state index in [4.69, 9.17) is 9.47 Å². The van der Waals surface area contributed by atoms with E-state index in [1.807, 2.05) is 0 Å². The molecule has 2 aliphatic carbocycles. The minimum atomic E-state index is -4.12. The summed E-state index contributed by atoms with van der Waals surface area (Å²) in [7, 11) is 1.51. The fourth-order valence-electron chi connectivity index (χ4n) is 4.25. The molecule has 7 nitrogen and oxygen atoms in total. The molecule has 4 rings (SSSR count). The van der Waals surface area contributed by atoms with Gasteiger partial charge in [-0.1, -0.05) is 0 Å². The van der Waals surface area contributed by atoms with Crippen molar-refractivity contribution in [2.75, 3.05) is 13.7 Å². The van der Waals surface area contributed by atoms with Crippen molar-refractivity contribution in [2.24, 2.45) is 17.8 Å². The molecule has 0 spiro atoms. The smallest absolute Gasteiger partial charge is 0.391 e. The van der Waals surface area contributed by atoms with Gasteiger partial charge in [-0.2, -0.15) is 18.3 Å². The highest BCUT2D eigenvalue weighted by atomic mass is 19.4. The summed E-state index contributed by atoms with van der Waals surface area (Å²) < 4.78 is 49.5. The molecule has 2 unspecified atom stereocenters. The van der Waals surface area contributed by atoms with E-state index in [2.05, 4.69) is 15.2 Å². The number of carboxylic acid groups (broad SMARTS) is 1. The number of halogens is 3. The first kappa shape index (κ1) is 22.3. The van der Waals surface area contributed by atoms with Crippen LogP contribution in [0.3, 0.4) is 0 Å². The third-order valence-corrected chi connectivity index (χ3v) is 6.27. The summed E-state index contributed by atoms with van der Waals surface area (Å²) in [6.45, 7) is 0.284. The third-order valence-electron chi connectivity index (χ3n) is 6.27. The van der Waals surface area contributed by atoms with Crippen LogP contribution in [0.25, 0.3) is 11.3 Å². The van der Waals surface area contributed by atoms with Crippen molar-refractivity contribution in [3.8, 4) is 22.9 Å². The molecular formula is C22H24F3N3O4. The van der Waals surface area contributed by atoms with E-state index in [9.17, 15) is 23.1 Å². The zero-order chi connectivity index (χ0) is 22.9. The first-order valence-electron chi connectivity index (χ1n) is 10.6. The number of methoxy groups -OCH3 is 1. The Morgan fingerprint density at radius 3 is 2.59 bits per heavy atom. The van der Waals surface area contributed by atoms with Crippen molar-refractivity contribution < 1.29 is 32.5 Å². The number of ether oxygens (including phenoxy) is 2. The van der Waals surface area contributed by atoms with Crippen LogP contribution >= 0.6 is 0 Å². The van der Waals surface area contributed by atoms with E-state index in [-0.39, 0.29) is 37.2 Å². The van der Waals surface area contributed by atoms with Crippen LogP contribution < -0.4 is 9.47 Å². The number of hydrogen-bond acceptors (Lipinski definition) is 6. The molecule has 0 saturated heterocycles. The van der Waals surface area contributed by atoms with E-state index in [0.717, 1.165) is 0 Å². The standard InChI is InChI=1S/C22H24F3N3O4/c1-31-18-7-6-17(27-20(18)15-9-16(15)21(29)30)13-8-19(28-26-10-13)32-11-12-2-4-14(5-3-12)22(23,24)25/h6-8,10,12,14-16H,2-5,9,11H2,1H3,(H,29,30)/t12-,14-,15?,16?. The molecule has 1 N–H and O–H groups in total. The Balaban J connectivity index is 1.42. The molecule has 2 heterocycles. The summed E-state index contributed by atoms with van der Waals surface area (Å²) in [5.74, 6) is -1.87. The number of carboxylic acids is 1. The molecule has 0 bridgehead atoms. The van der Waals surface area contributed by atoms with Crippen LogP contribution in [0.5, 0.6) is 11.6 Å². The number of pyridine rings is 1. The van der Waals surface area contributed by atoms with Gasteiger partial charge in [-0.25, -0.2) is 4.98 Å². The van der Waals surface area contributed by atoms with Gasteiger partial charge in [0.1, 0.15) is 5.75 Å². The molecular weight excluding hydrogens is 427 g/mol. The van der Waals surface area contributed by atoms with Gasteiger partial charge in [-0.05, 0) is 50.2 Å². The summed E-state index contributed by atoms with van der Waals surface area (Å²) in [6, 6.07) is 5.17. The number of nitrogens with zero attached hydrogens (tertiary/aromatic N) is 3. The number of aromatic nitrogens is 3. The minimum absolute atomic E-state index is 0.0487. The van der Waals surface area contributed by atoms with Crippen molar-refractivity contribution in [3.05, 3.63) is 30.1 Å². The number of aliphatic carboxylic acids is 1. The second kappa shape index (κ2) is 8.91. The molecule has 2 aromatic heterocycles. The lowest BCUT2D eigenvalue weighted by Crippen LogP contribution is -2.29.